The van der Waals surface area contributed by atoms with Crippen molar-refractivity contribution in [2.75, 3.05) is 0 Å². The van der Waals surface area contributed by atoms with Crippen molar-refractivity contribution in [1.29, 1.82) is 0 Å². The van der Waals surface area contributed by atoms with Gasteiger partial charge in [0.2, 0.25) is 0 Å². The van der Waals surface area contributed by atoms with Crippen LogP contribution in [0.15, 0.2) is 28.8 Å². The van der Waals surface area contributed by atoms with Gasteiger partial charge < -0.3 is 10.8 Å². The fourth-order valence-corrected chi connectivity index (χ4v) is 1.94. The minimum absolute atomic E-state index is 0. The van der Waals surface area contributed by atoms with Crippen LogP contribution < -0.4 is 5.73 Å². The summed E-state index contributed by atoms with van der Waals surface area (Å²) in [4.78, 5) is 10.2. The van der Waals surface area contributed by atoms with Crippen LogP contribution in [0.25, 0.3) is 0 Å². The molecule has 100 valence electrons. The molecule has 1 rings (SSSR count). The van der Waals surface area contributed by atoms with Crippen molar-refractivity contribution in [1.82, 2.24) is 0 Å². The predicted octanol–water partition coefficient (Wildman–Crippen LogP) is 3.45. The maximum atomic E-state index is 10.7. The Morgan fingerprint density at radius 2 is 2.22 bits per heavy atom. The number of hydrogen-bond acceptors (Lipinski definition) is 4. The number of aromatic hydroxyl groups is 1. The average Bonchev–Trinajstić information content (AvgIpc) is 2.20. The molecule has 0 spiro atoms. The van der Waals surface area contributed by atoms with Crippen molar-refractivity contribution in [2.45, 2.75) is 19.4 Å². The van der Waals surface area contributed by atoms with E-state index in [-0.39, 0.29) is 28.3 Å². The van der Waals surface area contributed by atoms with Crippen LogP contribution in [0.1, 0.15) is 24.9 Å². The molecule has 0 aliphatic rings. The van der Waals surface area contributed by atoms with Crippen molar-refractivity contribution in [3.63, 3.8) is 0 Å². The molecule has 0 saturated carbocycles. The molecule has 0 radical (unpaired) electrons. The van der Waals surface area contributed by atoms with Crippen molar-refractivity contribution < 1.29 is 10.0 Å². The fraction of sp³-hybridized carbons (Fsp3) is 0.273. The van der Waals surface area contributed by atoms with Gasteiger partial charge in [0.15, 0.2) is 0 Å². The van der Waals surface area contributed by atoms with Crippen molar-refractivity contribution >= 4 is 34.0 Å². The monoisotopic (exact) mass is 336 g/mol. The first-order valence-electron chi connectivity index (χ1n) is 4.89. The van der Waals surface area contributed by atoms with Crippen LogP contribution in [-0.4, -0.2) is 10.0 Å². The van der Waals surface area contributed by atoms with Crippen LogP contribution in [0.2, 0.25) is 0 Å². The third-order valence-corrected chi connectivity index (χ3v) is 2.86. The van der Waals surface area contributed by atoms with Crippen LogP contribution >= 0.6 is 28.3 Å². The number of benzene rings is 1. The van der Waals surface area contributed by atoms with Gasteiger partial charge >= 0.3 is 0 Å². The predicted molar refractivity (Wildman–Crippen MR) is 76.1 cm³/mol. The molecule has 5 nitrogen and oxygen atoms in total. The van der Waals surface area contributed by atoms with Crippen LogP contribution in [0, 0.1) is 10.1 Å². The van der Waals surface area contributed by atoms with Gasteiger partial charge in [-0.2, -0.15) is 0 Å². The minimum atomic E-state index is -0.527. The number of hydrogen-bond donors (Lipinski definition) is 2. The quantitative estimate of drug-likeness (QED) is 0.500. The number of halogens is 2. The van der Waals surface area contributed by atoms with Gasteiger partial charge in [-0.05, 0) is 29.3 Å². The maximum Gasteiger partial charge on any atom is 0.271 e. The zero-order valence-corrected chi connectivity index (χ0v) is 12.1. The van der Waals surface area contributed by atoms with Gasteiger partial charge in [-0.25, -0.2) is 0 Å². The molecule has 0 aliphatic heterocycles. The van der Waals surface area contributed by atoms with E-state index in [9.17, 15) is 15.2 Å². The molecule has 0 fully saturated rings. The first-order valence-corrected chi connectivity index (χ1v) is 5.69. The Morgan fingerprint density at radius 3 is 2.67 bits per heavy atom. The fourth-order valence-electron chi connectivity index (χ4n) is 1.48. The van der Waals surface area contributed by atoms with Crippen LogP contribution in [0.4, 0.5) is 5.69 Å². The molecule has 7 heteroatoms. The van der Waals surface area contributed by atoms with Gasteiger partial charge in [-0.15, -0.1) is 19.0 Å². The zero-order valence-electron chi connectivity index (χ0n) is 9.72. The number of nitro groups is 1. The zero-order chi connectivity index (χ0) is 13.2. The molecular formula is C11H14BrClN2O3. The number of rotatable bonds is 4. The normalized spacial score (nSPS) is 11.5. The Labute approximate surface area is 119 Å². The Morgan fingerprint density at radius 1 is 1.67 bits per heavy atom. The molecule has 0 unspecified atom stereocenters. The SMILES string of the molecule is C=C(C)C[C@H](N)c1cc([N+](=O)[O-])cc(Br)c1O.Cl. The minimum Gasteiger partial charge on any atom is -0.506 e. The van der Waals surface area contributed by atoms with E-state index in [2.05, 4.69) is 22.5 Å². The molecule has 1 aromatic rings. The van der Waals surface area contributed by atoms with E-state index in [1.165, 1.54) is 12.1 Å². The van der Waals surface area contributed by atoms with Crippen molar-refractivity contribution in [3.05, 3.63) is 44.4 Å². The average molecular weight is 338 g/mol. The topological polar surface area (TPSA) is 89.4 Å². The highest BCUT2D eigenvalue weighted by Gasteiger charge is 2.19. The Bertz CT molecular complexity index is 480. The third kappa shape index (κ3) is 3.97. The highest BCUT2D eigenvalue weighted by atomic mass is 79.9. The largest absolute Gasteiger partial charge is 0.506 e. The smallest absolute Gasteiger partial charge is 0.271 e. The maximum absolute atomic E-state index is 10.7. The van der Waals surface area contributed by atoms with Gasteiger partial charge in [0.05, 0.1) is 9.40 Å². The summed E-state index contributed by atoms with van der Waals surface area (Å²) < 4.78 is 0.263. The number of nitrogens with zero attached hydrogens (tertiary/aromatic N) is 1. The molecule has 0 heterocycles. The molecule has 0 aliphatic carbocycles. The molecular weight excluding hydrogens is 323 g/mol. The third-order valence-electron chi connectivity index (χ3n) is 2.26. The van der Waals surface area contributed by atoms with E-state index in [0.717, 1.165) is 5.57 Å². The van der Waals surface area contributed by atoms with Gasteiger partial charge in [0, 0.05) is 23.7 Å². The summed E-state index contributed by atoms with van der Waals surface area (Å²) in [5.74, 6) is -0.0654. The van der Waals surface area contributed by atoms with Gasteiger partial charge in [-0.1, -0.05) is 5.57 Å². The second-order valence-electron chi connectivity index (χ2n) is 3.89. The second-order valence-corrected chi connectivity index (χ2v) is 4.74. The summed E-state index contributed by atoms with van der Waals surface area (Å²) in [6.07, 6.45) is 0.459. The summed E-state index contributed by atoms with van der Waals surface area (Å²) in [6.45, 7) is 5.53. The summed E-state index contributed by atoms with van der Waals surface area (Å²) in [7, 11) is 0. The Hall–Kier alpha value is -1.11. The summed E-state index contributed by atoms with van der Waals surface area (Å²) in [5, 5.41) is 20.5. The Balaban J connectivity index is 0.00000289. The summed E-state index contributed by atoms with van der Waals surface area (Å²) in [5.41, 5.74) is 6.95. The van der Waals surface area contributed by atoms with E-state index >= 15 is 0 Å². The number of phenolic OH excluding ortho intramolecular Hbond substituents is 1. The van der Waals surface area contributed by atoms with E-state index in [1.54, 1.807) is 0 Å². The van der Waals surface area contributed by atoms with E-state index in [0.29, 0.717) is 12.0 Å². The molecule has 18 heavy (non-hydrogen) atoms. The number of nitrogens with two attached hydrogens (primary N) is 1. The molecule has 3 N–H and O–H groups in total. The highest BCUT2D eigenvalue weighted by molar-refractivity contribution is 9.10. The van der Waals surface area contributed by atoms with Crippen molar-refractivity contribution in [3.8, 4) is 5.75 Å². The number of nitro benzene ring substituents is 1. The van der Waals surface area contributed by atoms with Crippen LogP contribution in [0.3, 0.4) is 0 Å². The van der Waals surface area contributed by atoms with E-state index in [1.807, 2.05) is 6.92 Å². The molecule has 1 atom stereocenters. The highest BCUT2D eigenvalue weighted by Crippen LogP contribution is 2.36. The van der Waals surface area contributed by atoms with Crippen LogP contribution in [0.5, 0.6) is 5.75 Å². The lowest BCUT2D eigenvalue weighted by molar-refractivity contribution is -0.385. The Kier molecular flexibility index (Phi) is 6.31. The molecule has 1 aromatic carbocycles. The first-order chi connectivity index (χ1) is 7.82. The van der Waals surface area contributed by atoms with E-state index in [4.69, 9.17) is 5.73 Å². The second kappa shape index (κ2) is 6.72. The molecule has 0 amide bonds. The van der Waals surface area contributed by atoms with Gasteiger partial charge in [0.1, 0.15) is 5.75 Å². The number of phenols is 1. The summed E-state index contributed by atoms with van der Waals surface area (Å²) >= 11 is 3.07. The lowest BCUT2D eigenvalue weighted by Crippen LogP contribution is -2.11. The first kappa shape index (κ1) is 16.9. The van der Waals surface area contributed by atoms with Gasteiger partial charge in [-0.3, -0.25) is 10.1 Å². The lowest BCUT2D eigenvalue weighted by atomic mass is 10.00. The summed E-state index contributed by atoms with van der Waals surface area (Å²) in [6, 6.07) is 2.02. The lowest BCUT2D eigenvalue weighted by Gasteiger charge is -2.14. The van der Waals surface area contributed by atoms with Crippen molar-refractivity contribution in [2.24, 2.45) is 5.73 Å². The number of non-ortho nitro benzene ring substituents is 1. The van der Waals surface area contributed by atoms with Gasteiger partial charge in [0.25, 0.3) is 5.69 Å². The molecule has 0 aromatic heterocycles. The molecule has 0 bridgehead atoms. The van der Waals surface area contributed by atoms with E-state index < -0.39 is 11.0 Å². The van der Waals surface area contributed by atoms with Crippen LogP contribution in [-0.2, 0) is 0 Å². The standard InChI is InChI=1S/C11H13BrN2O3.ClH/c1-6(2)3-10(13)8-4-7(14(16)17)5-9(12)11(8)15;/h4-5,10,15H,1,3,13H2,2H3;1H/t10-;/m0./s1. The molecule has 0 saturated heterocycles.